The summed E-state index contributed by atoms with van der Waals surface area (Å²) in [5, 5.41) is 2.38. The molecule has 0 spiro atoms. The topological polar surface area (TPSA) is 18.5 Å². The SMILES string of the molecule is COc1cc2c(-c3ccccc3)sc(-c3ccccc3)c2cc1OC. The Hall–Kier alpha value is -2.78. The molecular formula is C22H18O2S. The summed E-state index contributed by atoms with van der Waals surface area (Å²) >= 11 is 1.81. The molecule has 4 rings (SSSR count). The summed E-state index contributed by atoms with van der Waals surface area (Å²) in [7, 11) is 3.35. The van der Waals surface area contributed by atoms with E-state index in [-0.39, 0.29) is 0 Å². The summed E-state index contributed by atoms with van der Waals surface area (Å²) in [4.78, 5) is 2.49. The van der Waals surface area contributed by atoms with E-state index >= 15 is 0 Å². The van der Waals surface area contributed by atoms with Crippen molar-refractivity contribution in [2.45, 2.75) is 0 Å². The van der Waals surface area contributed by atoms with E-state index in [4.69, 9.17) is 9.47 Å². The Kier molecular flexibility index (Phi) is 4.16. The molecule has 0 aliphatic heterocycles. The third kappa shape index (κ3) is 2.77. The zero-order chi connectivity index (χ0) is 17.2. The maximum Gasteiger partial charge on any atom is 0.161 e. The standard InChI is InChI=1S/C22H18O2S/c1-23-19-13-17-18(14-20(19)24-2)22(16-11-7-4-8-12-16)25-21(17)15-9-5-3-6-10-15/h3-14H,1-2H3. The lowest BCUT2D eigenvalue weighted by molar-refractivity contribution is 0.356. The fourth-order valence-electron chi connectivity index (χ4n) is 3.07. The van der Waals surface area contributed by atoms with Gasteiger partial charge in [0.1, 0.15) is 0 Å². The molecule has 0 unspecified atom stereocenters. The van der Waals surface area contributed by atoms with Crippen molar-refractivity contribution in [3.8, 4) is 32.4 Å². The molecule has 0 aliphatic rings. The smallest absolute Gasteiger partial charge is 0.161 e. The van der Waals surface area contributed by atoms with Gasteiger partial charge in [-0.05, 0) is 23.3 Å². The summed E-state index contributed by atoms with van der Waals surface area (Å²) in [6.45, 7) is 0. The molecule has 0 aliphatic carbocycles. The van der Waals surface area contributed by atoms with Crippen LogP contribution in [-0.4, -0.2) is 14.2 Å². The second kappa shape index (κ2) is 6.61. The van der Waals surface area contributed by atoms with E-state index in [1.54, 1.807) is 25.6 Å². The maximum absolute atomic E-state index is 5.53. The quantitative estimate of drug-likeness (QED) is 0.435. The minimum atomic E-state index is 0.754. The van der Waals surface area contributed by atoms with E-state index in [1.807, 2.05) is 12.1 Å². The van der Waals surface area contributed by atoms with E-state index in [0.29, 0.717) is 0 Å². The van der Waals surface area contributed by atoms with E-state index in [0.717, 1.165) is 11.5 Å². The van der Waals surface area contributed by atoms with Gasteiger partial charge in [0.25, 0.3) is 0 Å². The predicted octanol–water partition coefficient (Wildman–Crippen LogP) is 6.25. The van der Waals surface area contributed by atoms with Gasteiger partial charge in [0.2, 0.25) is 0 Å². The van der Waals surface area contributed by atoms with Crippen LogP contribution in [-0.2, 0) is 0 Å². The van der Waals surface area contributed by atoms with E-state index in [1.165, 1.54) is 31.7 Å². The summed E-state index contributed by atoms with van der Waals surface area (Å²) in [6.07, 6.45) is 0. The van der Waals surface area contributed by atoms with Gasteiger partial charge in [0.05, 0.1) is 14.2 Å². The van der Waals surface area contributed by atoms with Gasteiger partial charge in [-0.3, -0.25) is 0 Å². The van der Waals surface area contributed by atoms with Crippen LogP contribution in [0, 0.1) is 0 Å². The van der Waals surface area contributed by atoms with Crippen LogP contribution in [0.4, 0.5) is 0 Å². The number of methoxy groups -OCH3 is 2. The molecule has 2 nitrogen and oxygen atoms in total. The van der Waals surface area contributed by atoms with Crippen LogP contribution >= 0.6 is 11.3 Å². The first-order valence-corrected chi connectivity index (χ1v) is 8.93. The lowest BCUT2D eigenvalue weighted by Crippen LogP contribution is -1.90. The zero-order valence-corrected chi connectivity index (χ0v) is 15.0. The Labute approximate surface area is 151 Å². The molecule has 25 heavy (non-hydrogen) atoms. The number of hydrogen-bond donors (Lipinski definition) is 0. The normalized spacial score (nSPS) is 10.8. The molecule has 0 N–H and O–H groups in total. The van der Waals surface area contributed by atoms with Gasteiger partial charge >= 0.3 is 0 Å². The summed E-state index contributed by atoms with van der Waals surface area (Å²) in [5.74, 6) is 1.51. The highest BCUT2D eigenvalue weighted by atomic mass is 32.1. The summed E-state index contributed by atoms with van der Waals surface area (Å²) in [5.41, 5.74) is 2.43. The van der Waals surface area contributed by atoms with E-state index in [2.05, 4.69) is 60.7 Å². The monoisotopic (exact) mass is 346 g/mol. The van der Waals surface area contributed by atoms with Crippen molar-refractivity contribution >= 4 is 22.1 Å². The number of hydrogen-bond acceptors (Lipinski definition) is 3. The highest BCUT2D eigenvalue weighted by Gasteiger charge is 2.17. The van der Waals surface area contributed by atoms with E-state index in [9.17, 15) is 0 Å². The first kappa shape index (κ1) is 15.7. The largest absolute Gasteiger partial charge is 0.493 e. The average Bonchev–Trinajstić information content (AvgIpc) is 3.06. The van der Waals surface area contributed by atoms with Crippen molar-refractivity contribution in [3.05, 3.63) is 72.8 Å². The molecule has 0 saturated carbocycles. The van der Waals surface area contributed by atoms with Crippen molar-refractivity contribution < 1.29 is 9.47 Å². The summed E-state index contributed by atoms with van der Waals surface area (Å²) in [6, 6.07) is 25.1. The molecular weight excluding hydrogens is 328 g/mol. The number of thiophene rings is 1. The Bertz CT molecular complexity index is 923. The van der Waals surface area contributed by atoms with Gasteiger partial charge < -0.3 is 9.47 Å². The van der Waals surface area contributed by atoms with Crippen LogP contribution in [0.2, 0.25) is 0 Å². The van der Waals surface area contributed by atoms with Gasteiger partial charge in [-0.2, -0.15) is 0 Å². The lowest BCUT2D eigenvalue weighted by atomic mass is 10.0. The van der Waals surface area contributed by atoms with Crippen molar-refractivity contribution in [1.82, 2.24) is 0 Å². The van der Waals surface area contributed by atoms with Crippen LogP contribution in [0.25, 0.3) is 31.7 Å². The molecule has 0 radical (unpaired) electrons. The third-order valence-corrected chi connectivity index (χ3v) is 5.61. The number of rotatable bonds is 4. The lowest BCUT2D eigenvalue weighted by Gasteiger charge is -2.09. The second-order valence-electron chi connectivity index (χ2n) is 5.75. The molecule has 0 atom stereocenters. The summed E-state index contributed by atoms with van der Waals surface area (Å²) < 4.78 is 11.1. The van der Waals surface area contributed by atoms with Crippen LogP contribution in [0.5, 0.6) is 11.5 Å². The first-order chi connectivity index (χ1) is 12.3. The van der Waals surface area contributed by atoms with Crippen LogP contribution in [0.1, 0.15) is 0 Å². The number of fused-ring (bicyclic) bond motifs is 1. The fourth-order valence-corrected chi connectivity index (χ4v) is 4.34. The van der Waals surface area contributed by atoms with Crippen LogP contribution in [0.3, 0.4) is 0 Å². The molecule has 1 aromatic heterocycles. The predicted molar refractivity (Wildman–Crippen MR) is 106 cm³/mol. The van der Waals surface area contributed by atoms with Crippen molar-refractivity contribution in [3.63, 3.8) is 0 Å². The van der Waals surface area contributed by atoms with E-state index < -0.39 is 0 Å². The van der Waals surface area contributed by atoms with Crippen LogP contribution in [0.15, 0.2) is 72.8 Å². The van der Waals surface area contributed by atoms with Crippen molar-refractivity contribution in [2.24, 2.45) is 0 Å². The van der Waals surface area contributed by atoms with Gasteiger partial charge in [-0.15, -0.1) is 11.3 Å². The molecule has 0 amide bonds. The van der Waals surface area contributed by atoms with Gasteiger partial charge in [-0.25, -0.2) is 0 Å². The zero-order valence-electron chi connectivity index (χ0n) is 14.2. The number of ether oxygens (including phenoxy) is 2. The Morgan fingerprint density at radius 1 is 0.600 bits per heavy atom. The molecule has 3 heteroatoms. The Balaban J connectivity index is 2.05. The minimum absolute atomic E-state index is 0.754. The fraction of sp³-hybridized carbons (Fsp3) is 0.0909. The van der Waals surface area contributed by atoms with Gasteiger partial charge in [0, 0.05) is 20.5 Å². The number of benzene rings is 3. The Morgan fingerprint density at radius 3 is 1.36 bits per heavy atom. The molecule has 0 saturated heterocycles. The average molecular weight is 346 g/mol. The molecule has 124 valence electrons. The van der Waals surface area contributed by atoms with Crippen LogP contribution < -0.4 is 9.47 Å². The Morgan fingerprint density at radius 2 is 1.00 bits per heavy atom. The molecule has 0 bridgehead atoms. The second-order valence-corrected chi connectivity index (χ2v) is 6.77. The minimum Gasteiger partial charge on any atom is -0.493 e. The molecule has 0 fully saturated rings. The van der Waals surface area contributed by atoms with Gasteiger partial charge in [0.15, 0.2) is 11.5 Å². The highest BCUT2D eigenvalue weighted by molar-refractivity contribution is 7.21. The third-order valence-electron chi connectivity index (χ3n) is 4.29. The molecule has 4 aromatic rings. The van der Waals surface area contributed by atoms with Gasteiger partial charge in [-0.1, -0.05) is 60.7 Å². The first-order valence-electron chi connectivity index (χ1n) is 8.11. The highest BCUT2D eigenvalue weighted by Crippen LogP contribution is 2.47. The molecule has 1 heterocycles. The molecule has 3 aromatic carbocycles. The van der Waals surface area contributed by atoms with Crippen molar-refractivity contribution in [1.29, 1.82) is 0 Å². The maximum atomic E-state index is 5.53. The van der Waals surface area contributed by atoms with Crippen molar-refractivity contribution in [2.75, 3.05) is 14.2 Å².